The summed E-state index contributed by atoms with van der Waals surface area (Å²) in [7, 11) is 0. The van der Waals surface area contributed by atoms with E-state index in [1.807, 2.05) is 84.9 Å². The van der Waals surface area contributed by atoms with E-state index in [4.69, 9.17) is 9.98 Å². The van der Waals surface area contributed by atoms with Gasteiger partial charge in [0.15, 0.2) is 0 Å². The van der Waals surface area contributed by atoms with E-state index in [1.165, 1.54) is 0 Å². The van der Waals surface area contributed by atoms with Crippen LogP contribution in [0.4, 0.5) is 22.7 Å². The van der Waals surface area contributed by atoms with Crippen molar-refractivity contribution >= 4 is 34.4 Å². The van der Waals surface area contributed by atoms with Crippen LogP contribution in [0.25, 0.3) is 0 Å². The predicted molar refractivity (Wildman–Crippen MR) is 133 cm³/mol. The van der Waals surface area contributed by atoms with Crippen LogP contribution in [0.15, 0.2) is 94.9 Å². The van der Waals surface area contributed by atoms with Gasteiger partial charge in [0.2, 0.25) is 0 Å². The lowest BCUT2D eigenvalue weighted by Crippen LogP contribution is -2.18. The number of benzene rings is 3. The van der Waals surface area contributed by atoms with Crippen LogP contribution in [0, 0.1) is 0 Å². The zero-order chi connectivity index (χ0) is 22.8. The molecular formula is C26H30N4O2. The third-order valence-corrected chi connectivity index (χ3v) is 4.49. The van der Waals surface area contributed by atoms with Crippen LogP contribution >= 0.6 is 0 Å². The van der Waals surface area contributed by atoms with Crippen molar-refractivity contribution in [3.63, 3.8) is 0 Å². The Morgan fingerprint density at radius 3 is 1.31 bits per heavy atom. The van der Waals surface area contributed by atoms with E-state index < -0.39 is 12.2 Å². The molecule has 0 aliphatic rings. The third-order valence-electron chi connectivity index (χ3n) is 4.49. The van der Waals surface area contributed by atoms with Crippen molar-refractivity contribution in [1.29, 1.82) is 0 Å². The number of nitrogens with zero attached hydrogens (tertiary/aromatic N) is 2. The maximum absolute atomic E-state index is 9.97. The molecule has 3 aromatic rings. The van der Waals surface area contributed by atoms with Gasteiger partial charge in [-0.05, 0) is 50.2 Å². The summed E-state index contributed by atoms with van der Waals surface area (Å²) in [5.74, 6) is 1.28. The summed E-state index contributed by atoms with van der Waals surface area (Å²) in [6, 6.07) is 27.0. The summed E-state index contributed by atoms with van der Waals surface area (Å²) in [5.41, 5.74) is 3.14. The molecule has 2 unspecified atom stereocenters. The van der Waals surface area contributed by atoms with Gasteiger partial charge in [0, 0.05) is 24.2 Å². The van der Waals surface area contributed by atoms with Crippen molar-refractivity contribution < 1.29 is 10.2 Å². The summed E-state index contributed by atoms with van der Waals surface area (Å²) >= 11 is 0. The molecule has 2 atom stereocenters. The van der Waals surface area contributed by atoms with Gasteiger partial charge in [0.1, 0.15) is 11.7 Å². The number of hydrogen-bond acceptors (Lipinski definition) is 4. The largest absolute Gasteiger partial charge is 0.393 e. The molecule has 0 radical (unpaired) electrons. The first-order valence-electron chi connectivity index (χ1n) is 10.7. The Bertz CT molecular complexity index is 947. The Balaban J connectivity index is 1.95. The van der Waals surface area contributed by atoms with E-state index in [0.29, 0.717) is 35.9 Å². The molecule has 6 heteroatoms. The Labute approximate surface area is 189 Å². The number of nitrogens with one attached hydrogen (secondary N) is 2. The molecular weight excluding hydrogens is 400 g/mol. The van der Waals surface area contributed by atoms with Gasteiger partial charge < -0.3 is 20.8 Å². The zero-order valence-electron chi connectivity index (χ0n) is 18.4. The molecule has 0 aromatic heterocycles. The zero-order valence-corrected chi connectivity index (χ0v) is 18.4. The van der Waals surface area contributed by atoms with Crippen LogP contribution < -0.4 is 10.6 Å². The van der Waals surface area contributed by atoms with E-state index >= 15 is 0 Å². The Morgan fingerprint density at radius 2 is 0.969 bits per heavy atom. The van der Waals surface area contributed by atoms with Crippen molar-refractivity contribution in [3.05, 3.63) is 84.9 Å². The Kier molecular flexibility index (Phi) is 8.54. The van der Waals surface area contributed by atoms with Crippen LogP contribution in [-0.4, -0.2) is 34.1 Å². The minimum absolute atomic E-state index is 0.371. The lowest BCUT2D eigenvalue weighted by molar-refractivity contribution is 0.202. The van der Waals surface area contributed by atoms with Crippen molar-refractivity contribution in [1.82, 2.24) is 0 Å². The number of amidine groups is 2. The van der Waals surface area contributed by atoms with Gasteiger partial charge in [0.05, 0.1) is 23.6 Å². The fourth-order valence-electron chi connectivity index (χ4n) is 3.13. The first kappa shape index (κ1) is 23.2. The van der Waals surface area contributed by atoms with E-state index in [-0.39, 0.29) is 0 Å². The molecule has 6 nitrogen and oxygen atoms in total. The number of aliphatic hydroxyl groups is 2. The average Bonchev–Trinajstić information content (AvgIpc) is 2.75. The van der Waals surface area contributed by atoms with Crippen LogP contribution in [0.3, 0.4) is 0 Å². The van der Waals surface area contributed by atoms with Crippen LogP contribution in [0.5, 0.6) is 0 Å². The van der Waals surface area contributed by atoms with Crippen LogP contribution in [-0.2, 0) is 0 Å². The maximum atomic E-state index is 9.97. The number of aliphatic hydroxyl groups excluding tert-OH is 2. The van der Waals surface area contributed by atoms with Gasteiger partial charge >= 0.3 is 0 Å². The fourth-order valence-corrected chi connectivity index (χ4v) is 3.13. The highest BCUT2D eigenvalue weighted by atomic mass is 16.3. The summed E-state index contributed by atoms with van der Waals surface area (Å²) in [5, 5.41) is 26.5. The standard InChI is InChI=1S/C26H30N4O2/c1-19(31)17-25(27-21-11-5-3-6-12-21)29-23-15-9-10-16-24(23)30-26(18-20(2)32)28-22-13-7-4-8-14-22/h3-16,19-20,31-32H,17-18H2,1-2H3,(H,27,29)(H,28,30). The molecule has 0 bridgehead atoms. The highest BCUT2D eigenvalue weighted by Gasteiger charge is 2.10. The predicted octanol–water partition coefficient (Wildman–Crippen LogP) is 5.51. The van der Waals surface area contributed by atoms with Crippen molar-refractivity contribution in [2.75, 3.05) is 10.6 Å². The lowest BCUT2D eigenvalue weighted by atomic mass is 10.2. The summed E-state index contributed by atoms with van der Waals surface area (Å²) in [6.07, 6.45) is -0.358. The van der Waals surface area contributed by atoms with E-state index in [1.54, 1.807) is 13.8 Å². The van der Waals surface area contributed by atoms with E-state index in [2.05, 4.69) is 10.6 Å². The number of anilines is 2. The lowest BCUT2D eigenvalue weighted by Gasteiger charge is -2.14. The van der Waals surface area contributed by atoms with Gasteiger partial charge in [-0.2, -0.15) is 0 Å². The Morgan fingerprint density at radius 1 is 0.625 bits per heavy atom. The highest BCUT2D eigenvalue weighted by Crippen LogP contribution is 2.29. The van der Waals surface area contributed by atoms with Gasteiger partial charge in [-0.1, -0.05) is 48.5 Å². The molecule has 0 heterocycles. The fraction of sp³-hybridized carbons (Fsp3) is 0.231. The molecule has 4 N–H and O–H groups in total. The van der Waals surface area contributed by atoms with Gasteiger partial charge in [-0.3, -0.25) is 0 Å². The van der Waals surface area contributed by atoms with E-state index in [0.717, 1.165) is 11.4 Å². The van der Waals surface area contributed by atoms with Gasteiger partial charge in [0.25, 0.3) is 0 Å². The van der Waals surface area contributed by atoms with Crippen molar-refractivity contribution in [2.24, 2.45) is 9.98 Å². The molecule has 0 saturated carbocycles. The molecule has 32 heavy (non-hydrogen) atoms. The number of rotatable bonds is 8. The maximum Gasteiger partial charge on any atom is 0.109 e. The molecule has 3 aromatic carbocycles. The van der Waals surface area contributed by atoms with Crippen molar-refractivity contribution in [2.45, 2.75) is 38.9 Å². The van der Waals surface area contributed by atoms with Gasteiger partial charge in [-0.15, -0.1) is 0 Å². The minimum atomic E-state index is -0.550. The summed E-state index contributed by atoms with van der Waals surface area (Å²) in [4.78, 5) is 9.56. The third kappa shape index (κ3) is 7.65. The quantitative estimate of drug-likeness (QED) is 0.280. The molecule has 0 aliphatic heterocycles. The first-order chi connectivity index (χ1) is 15.5. The smallest absolute Gasteiger partial charge is 0.109 e. The normalized spacial score (nSPS) is 14.0. The molecule has 0 saturated heterocycles. The monoisotopic (exact) mass is 430 g/mol. The molecule has 0 amide bonds. The molecule has 3 rings (SSSR count). The second kappa shape index (κ2) is 11.8. The molecule has 166 valence electrons. The second-order valence-corrected chi connectivity index (χ2v) is 7.69. The topological polar surface area (TPSA) is 89.2 Å². The highest BCUT2D eigenvalue weighted by molar-refractivity contribution is 6.00. The molecule has 0 aliphatic carbocycles. The van der Waals surface area contributed by atoms with Crippen LogP contribution in [0.2, 0.25) is 0 Å². The number of para-hydroxylation sites is 4. The first-order valence-corrected chi connectivity index (χ1v) is 10.7. The number of hydrogen-bond donors (Lipinski definition) is 4. The minimum Gasteiger partial charge on any atom is -0.393 e. The summed E-state index contributed by atoms with van der Waals surface area (Å²) in [6.45, 7) is 3.47. The van der Waals surface area contributed by atoms with E-state index in [9.17, 15) is 10.2 Å². The average molecular weight is 431 g/mol. The number of aliphatic imine (C=N–C) groups is 2. The van der Waals surface area contributed by atoms with Crippen LogP contribution in [0.1, 0.15) is 26.7 Å². The Hall–Kier alpha value is -3.48. The van der Waals surface area contributed by atoms with Gasteiger partial charge in [-0.25, -0.2) is 9.98 Å². The SMILES string of the molecule is CC(O)CC(=Nc1ccccc1N=C(CC(C)O)Nc1ccccc1)Nc1ccccc1. The molecule has 0 fully saturated rings. The molecule has 0 spiro atoms. The van der Waals surface area contributed by atoms with Crippen molar-refractivity contribution in [3.8, 4) is 0 Å². The summed E-state index contributed by atoms with van der Waals surface area (Å²) < 4.78 is 0. The second-order valence-electron chi connectivity index (χ2n) is 7.69.